The lowest BCUT2D eigenvalue weighted by molar-refractivity contribution is -0.297. The summed E-state index contributed by atoms with van der Waals surface area (Å²) >= 11 is 0. The predicted octanol–water partition coefficient (Wildman–Crippen LogP) is 8.56. The molecule has 1 aliphatic rings. The molecule has 6 atom stereocenters. The van der Waals surface area contributed by atoms with Crippen molar-refractivity contribution in [3.63, 3.8) is 0 Å². The largest absolute Gasteiger partial charge is 0.462 e. The molecule has 0 aromatic heterocycles. The van der Waals surface area contributed by atoms with Gasteiger partial charge in [0.15, 0.2) is 12.4 Å². The molecule has 0 saturated carbocycles. The first-order valence-electron chi connectivity index (χ1n) is 21.8. The van der Waals surface area contributed by atoms with E-state index in [4.69, 9.17) is 18.9 Å². The summed E-state index contributed by atoms with van der Waals surface area (Å²) in [7, 11) is -4.61. The Kier molecular flexibility index (Phi) is 32.3. The molecule has 0 spiro atoms. The second kappa shape index (κ2) is 35.1. The Morgan fingerprint density at radius 3 is 1.67 bits per heavy atom. The van der Waals surface area contributed by atoms with Crippen LogP contribution in [0.2, 0.25) is 0 Å². The lowest BCUT2D eigenvalue weighted by atomic mass is 10.00. The average Bonchev–Trinajstić information content (AvgIpc) is 3.18. The predicted molar refractivity (Wildman–Crippen MR) is 229 cm³/mol. The summed E-state index contributed by atoms with van der Waals surface area (Å²) in [6.07, 6.45) is 32.7. The van der Waals surface area contributed by atoms with Crippen LogP contribution in [-0.4, -0.2) is 96.0 Å². The molecule has 0 aliphatic carbocycles. The van der Waals surface area contributed by atoms with Gasteiger partial charge in [-0.05, 0) is 77.0 Å². The van der Waals surface area contributed by atoms with Crippen LogP contribution >= 0.6 is 0 Å². The molecular formula is C45H76O12S. The number of aliphatic hydroxyl groups excluding tert-OH is 3. The summed E-state index contributed by atoms with van der Waals surface area (Å²) in [5.74, 6) is -2.07. The molecule has 2 unspecified atom stereocenters. The topological polar surface area (TPSA) is 186 Å². The Labute approximate surface area is 349 Å². The monoisotopic (exact) mass is 841 g/mol. The summed E-state index contributed by atoms with van der Waals surface area (Å²) in [4.78, 5) is 25.3. The van der Waals surface area contributed by atoms with Crippen LogP contribution in [0.25, 0.3) is 0 Å². The van der Waals surface area contributed by atoms with E-state index in [1.807, 2.05) is 0 Å². The van der Waals surface area contributed by atoms with Crippen molar-refractivity contribution in [3.05, 3.63) is 60.8 Å². The van der Waals surface area contributed by atoms with Gasteiger partial charge in [-0.2, -0.15) is 8.42 Å². The van der Waals surface area contributed by atoms with Crippen molar-refractivity contribution in [1.29, 1.82) is 0 Å². The first-order chi connectivity index (χ1) is 28.0. The van der Waals surface area contributed by atoms with Gasteiger partial charge >= 0.3 is 11.9 Å². The van der Waals surface area contributed by atoms with E-state index in [1.165, 1.54) is 51.4 Å². The van der Waals surface area contributed by atoms with Crippen molar-refractivity contribution in [2.24, 2.45) is 0 Å². The Hall–Kier alpha value is -2.65. The number of hydrogen-bond donors (Lipinski definition) is 4. The zero-order valence-corrected chi connectivity index (χ0v) is 36.2. The van der Waals surface area contributed by atoms with Gasteiger partial charge in [0.1, 0.15) is 36.8 Å². The zero-order valence-electron chi connectivity index (χ0n) is 35.4. The van der Waals surface area contributed by atoms with Gasteiger partial charge in [-0.25, -0.2) is 0 Å². The SMILES string of the molecule is CC/C=C/C/C=C/C/C=C/C/C=C/CCCCC(=O)O[C@H](COC(=O)CCCCC/C=C/CCCCCCCCCC)CO[C@H]1O[C@H](CS(=O)(=O)O)[C@@H](O)C(O)C1O. The van der Waals surface area contributed by atoms with Crippen molar-refractivity contribution in [3.8, 4) is 0 Å². The normalized spacial score (nSPS) is 21.0. The first kappa shape index (κ1) is 53.4. The van der Waals surface area contributed by atoms with Gasteiger partial charge in [-0.15, -0.1) is 0 Å². The van der Waals surface area contributed by atoms with E-state index < -0.39 is 71.2 Å². The third kappa shape index (κ3) is 29.5. The summed E-state index contributed by atoms with van der Waals surface area (Å²) < 4.78 is 53.9. The first-order valence-corrected chi connectivity index (χ1v) is 23.5. The molecule has 1 saturated heterocycles. The Morgan fingerprint density at radius 2 is 1.09 bits per heavy atom. The molecule has 1 aliphatic heterocycles. The Bertz CT molecular complexity index is 1310. The molecule has 0 aromatic rings. The number of allylic oxidation sites excluding steroid dienone is 10. The van der Waals surface area contributed by atoms with Crippen LogP contribution in [0.5, 0.6) is 0 Å². The zero-order chi connectivity index (χ0) is 42.7. The molecule has 13 heteroatoms. The molecular weight excluding hydrogens is 765 g/mol. The minimum absolute atomic E-state index is 0.107. The highest BCUT2D eigenvalue weighted by Gasteiger charge is 2.46. The Balaban J connectivity index is 2.51. The van der Waals surface area contributed by atoms with Gasteiger partial charge in [-0.1, -0.05) is 126 Å². The fraction of sp³-hybridized carbons (Fsp3) is 0.733. The van der Waals surface area contributed by atoms with Crippen LogP contribution < -0.4 is 0 Å². The fourth-order valence-electron chi connectivity index (χ4n) is 6.19. The maximum atomic E-state index is 12.8. The highest BCUT2D eigenvalue weighted by Crippen LogP contribution is 2.24. The van der Waals surface area contributed by atoms with E-state index in [0.29, 0.717) is 12.8 Å². The van der Waals surface area contributed by atoms with Crippen molar-refractivity contribution in [2.75, 3.05) is 19.0 Å². The second-order valence-corrected chi connectivity index (χ2v) is 16.5. The maximum Gasteiger partial charge on any atom is 0.306 e. The lowest BCUT2D eigenvalue weighted by Gasteiger charge is -2.40. The fourth-order valence-corrected chi connectivity index (χ4v) is 6.88. The number of rotatable bonds is 35. The number of carbonyl (C=O) groups is 2. The summed E-state index contributed by atoms with van der Waals surface area (Å²) in [5.41, 5.74) is 0. The summed E-state index contributed by atoms with van der Waals surface area (Å²) in [6, 6.07) is 0. The minimum Gasteiger partial charge on any atom is -0.462 e. The molecule has 0 aromatic carbocycles. The molecule has 12 nitrogen and oxygen atoms in total. The van der Waals surface area contributed by atoms with Gasteiger partial charge in [0.25, 0.3) is 10.1 Å². The number of esters is 2. The van der Waals surface area contributed by atoms with Crippen molar-refractivity contribution >= 4 is 22.1 Å². The van der Waals surface area contributed by atoms with Gasteiger partial charge in [-0.3, -0.25) is 14.1 Å². The second-order valence-electron chi connectivity index (χ2n) is 15.0. The van der Waals surface area contributed by atoms with Crippen LogP contribution in [0, 0.1) is 0 Å². The minimum atomic E-state index is -4.61. The smallest absolute Gasteiger partial charge is 0.306 e. The maximum absolute atomic E-state index is 12.8. The van der Waals surface area contributed by atoms with E-state index in [1.54, 1.807) is 0 Å². The summed E-state index contributed by atoms with van der Waals surface area (Å²) in [6.45, 7) is 3.58. The highest BCUT2D eigenvalue weighted by molar-refractivity contribution is 7.85. The van der Waals surface area contributed by atoms with Crippen LogP contribution in [0.1, 0.15) is 155 Å². The van der Waals surface area contributed by atoms with Crippen molar-refractivity contribution in [1.82, 2.24) is 0 Å². The molecule has 1 rings (SSSR count). The van der Waals surface area contributed by atoms with E-state index in [9.17, 15) is 37.9 Å². The molecule has 58 heavy (non-hydrogen) atoms. The number of ether oxygens (including phenoxy) is 4. The third-order valence-corrected chi connectivity index (χ3v) is 10.3. The van der Waals surface area contributed by atoms with Crippen molar-refractivity contribution in [2.45, 2.75) is 192 Å². The van der Waals surface area contributed by atoms with Gasteiger partial charge in [0, 0.05) is 12.8 Å². The number of carbonyl (C=O) groups excluding carboxylic acids is 2. The number of hydrogen-bond acceptors (Lipinski definition) is 11. The van der Waals surface area contributed by atoms with E-state index in [0.717, 1.165) is 64.2 Å². The van der Waals surface area contributed by atoms with E-state index in [2.05, 4.69) is 74.6 Å². The Morgan fingerprint density at radius 1 is 0.603 bits per heavy atom. The van der Waals surface area contributed by atoms with Crippen LogP contribution in [-0.2, 0) is 38.7 Å². The lowest BCUT2D eigenvalue weighted by Crippen LogP contribution is -2.60. The third-order valence-electron chi connectivity index (χ3n) is 9.58. The van der Waals surface area contributed by atoms with Crippen LogP contribution in [0.3, 0.4) is 0 Å². The molecule has 0 amide bonds. The molecule has 0 radical (unpaired) electrons. The van der Waals surface area contributed by atoms with Crippen LogP contribution in [0.15, 0.2) is 60.8 Å². The molecule has 4 N–H and O–H groups in total. The van der Waals surface area contributed by atoms with Gasteiger partial charge in [0.05, 0.1) is 6.61 Å². The van der Waals surface area contributed by atoms with E-state index >= 15 is 0 Å². The standard InChI is InChI=1S/C45H76O12S/c1-3-5-7-9-11-13-15-17-19-21-23-25-27-29-31-33-40(46)54-35-38(36-55-45-44(50)43(49)42(48)39(57-45)37-58(51,52)53)56-41(47)34-32-30-28-26-24-22-20-18-16-14-12-10-8-6-4-2/h6,8,12,14,18,20-21,23-24,26,38-39,42-45,48-50H,3-5,7,9-11,13,15-17,19,22,25,27-37H2,1-2H3,(H,51,52,53)/b8-6+,14-12+,20-18+,23-21+,26-24+/t38-,39-,42-,43?,44?,45+/m1/s1. The molecule has 334 valence electrons. The highest BCUT2D eigenvalue weighted by atomic mass is 32.2. The number of aliphatic hydroxyl groups is 3. The average molecular weight is 841 g/mol. The summed E-state index contributed by atoms with van der Waals surface area (Å²) in [5, 5.41) is 30.8. The van der Waals surface area contributed by atoms with Crippen LogP contribution in [0.4, 0.5) is 0 Å². The molecule has 1 fully saturated rings. The molecule has 0 bridgehead atoms. The van der Waals surface area contributed by atoms with Crippen molar-refractivity contribution < 1.29 is 56.8 Å². The van der Waals surface area contributed by atoms with Gasteiger partial charge < -0.3 is 34.3 Å². The van der Waals surface area contributed by atoms with E-state index in [-0.39, 0.29) is 19.4 Å². The molecule has 1 heterocycles. The number of unbranched alkanes of at least 4 members (excludes halogenated alkanes) is 13. The quantitative estimate of drug-likeness (QED) is 0.0207. The van der Waals surface area contributed by atoms with Gasteiger partial charge in [0.2, 0.25) is 0 Å².